The Morgan fingerprint density at radius 3 is 1.86 bits per heavy atom. The molecule has 0 aromatic carbocycles. The van der Waals surface area contributed by atoms with Crippen molar-refractivity contribution in [1.82, 2.24) is 4.90 Å². The van der Waals surface area contributed by atoms with Crippen LogP contribution in [0.25, 0.3) is 0 Å². The Hall–Kier alpha value is -0.0400. The molecule has 1 fully saturated rings. The van der Waals surface area contributed by atoms with Gasteiger partial charge in [0, 0.05) is 6.04 Å². The summed E-state index contributed by atoms with van der Waals surface area (Å²) in [6.45, 7) is 11.8. The Morgan fingerprint density at radius 2 is 1.50 bits per heavy atom. The third-order valence-corrected chi connectivity index (χ3v) is 4.01. The maximum atomic E-state index is 2.64. The molecular formula is C13H27N. The van der Waals surface area contributed by atoms with Crippen LogP contribution in [0.2, 0.25) is 0 Å². The molecule has 0 aromatic rings. The van der Waals surface area contributed by atoms with Crippen molar-refractivity contribution in [2.45, 2.75) is 59.4 Å². The predicted molar refractivity (Wildman–Crippen MR) is 63.5 cm³/mol. The van der Waals surface area contributed by atoms with E-state index in [0.29, 0.717) is 0 Å². The van der Waals surface area contributed by atoms with E-state index in [0.717, 1.165) is 17.9 Å². The lowest BCUT2D eigenvalue weighted by atomic mass is 9.79. The zero-order chi connectivity index (χ0) is 10.6. The lowest BCUT2D eigenvalue weighted by molar-refractivity contribution is 0.133. The molecule has 0 unspecified atom stereocenters. The van der Waals surface area contributed by atoms with Gasteiger partial charge in [0.15, 0.2) is 0 Å². The summed E-state index contributed by atoms with van der Waals surface area (Å²) < 4.78 is 0. The number of nitrogens with zero attached hydrogens (tertiary/aromatic N) is 1. The van der Waals surface area contributed by atoms with Crippen molar-refractivity contribution >= 4 is 0 Å². The molecule has 14 heavy (non-hydrogen) atoms. The zero-order valence-electron chi connectivity index (χ0n) is 10.4. The lowest BCUT2D eigenvalue weighted by Crippen LogP contribution is -2.38. The summed E-state index contributed by atoms with van der Waals surface area (Å²) in [5, 5.41) is 0. The second-order valence-corrected chi connectivity index (χ2v) is 5.03. The van der Waals surface area contributed by atoms with E-state index in [1.54, 1.807) is 0 Å². The topological polar surface area (TPSA) is 3.24 Å². The van der Waals surface area contributed by atoms with Crippen molar-refractivity contribution in [2.24, 2.45) is 11.8 Å². The highest BCUT2D eigenvalue weighted by Gasteiger charge is 2.25. The summed E-state index contributed by atoms with van der Waals surface area (Å²) in [4.78, 5) is 2.64. The van der Waals surface area contributed by atoms with Crippen molar-refractivity contribution in [2.75, 3.05) is 13.1 Å². The highest BCUT2D eigenvalue weighted by molar-refractivity contribution is 4.79. The summed E-state index contributed by atoms with van der Waals surface area (Å²) >= 11 is 0. The van der Waals surface area contributed by atoms with Gasteiger partial charge in [0.2, 0.25) is 0 Å². The molecule has 0 radical (unpaired) electrons. The van der Waals surface area contributed by atoms with Gasteiger partial charge in [-0.05, 0) is 50.6 Å². The van der Waals surface area contributed by atoms with Crippen LogP contribution in [0.5, 0.6) is 0 Å². The van der Waals surface area contributed by atoms with Crippen LogP contribution in [-0.4, -0.2) is 24.0 Å². The van der Waals surface area contributed by atoms with Crippen LogP contribution >= 0.6 is 0 Å². The van der Waals surface area contributed by atoms with Crippen LogP contribution in [-0.2, 0) is 0 Å². The molecule has 1 aliphatic carbocycles. The highest BCUT2D eigenvalue weighted by atomic mass is 15.1. The van der Waals surface area contributed by atoms with Gasteiger partial charge in [-0.2, -0.15) is 0 Å². The highest BCUT2D eigenvalue weighted by Crippen LogP contribution is 2.31. The lowest BCUT2D eigenvalue weighted by Gasteiger charge is -2.37. The minimum Gasteiger partial charge on any atom is -0.301 e. The normalized spacial score (nSPS) is 28.7. The first-order chi connectivity index (χ1) is 6.69. The van der Waals surface area contributed by atoms with Crippen LogP contribution in [0.3, 0.4) is 0 Å². The van der Waals surface area contributed by atoms with Crippen LogP contribution in [0.4, 0.5) is 0 Å². The largest absolute Gasteiger partial charge is 0.301 e. The molecule has 1 nitrogen and oxygen atoms in total. The molecule has 0 saturated heterocycles. The molecule has 0 N–H and O–H groups in total. The maximum absolute atomic E-state index is 2.64. The first-order valence-electron chi connectivity index (χ1n) is 6.43. The van der Waals surface area contributed by atoms with Crippen molar-refractivity contribution in [3.05, 3.63) is 0 Å². The van der Waals surface area contributed by atoms with E-state index in [9.17, 15) is 0 Å². The fraction of sp³-hybridized carbons (Fsp3) is 1.00. The average molecular weight is 197 g/mol. The molecule has 0 aromatic heterocycles. The molecule has 1 saturated carbocycles. The minimum absolute atomic E-state index is 0.889. The van der Waals surface area contributed by atoms with Gasteiger partial charge in [0.25, 0.3) is 0 Å². The Morgan fingerprint density at radius 1 is 1.00 bits per heavy atom. The third kappa shape index (κ3) is 2.98. The number of hydrogen-bond acceptors (Lipinski definition) is 1. The van der Waals surface area contributed by atoms with E-state index in [2.05, 4.69) is 32.6 Å². The summed E-state index contributed by atoms with van der Waals surface area (Å²) in [5.41, 5.74) is 0. The van der Waals surface area contributed by atoms with Crippen molar-refractivity contribution < 1.29 is 0 Å². The molecule has 0 aliphatic heterocycles. The fourth-order valence-electron chi connectivity index (χ4n) is 2.87. The molecule has 0 bridgehead atoms. The van der Waals surface area contributed by atoms with Crippen molar-refractivity contribution in [1.29, 1.82) is 0 Å². The van der Waals surface area contributed by atoms with E-state index in [1.165, 1.54) is 38.8 Å². The quantitative estimate of drug-likeness (QED) is 0.666. The molecule has 84 valence electrons. The smallest absolute Gasteiger partial charge is 0.00952 e. The van der Waals surface area contributed by atoms with E-state index >= 15 is 0 Å². The third-order valence-electron chi connectivity index (χ3n) is 4.01. The predicted octanol–water partition coefficient (Wildman–Crippen LogP) is 3.54. The van der Waals surface area contributed by atoms with E-state index in [1.807, 2.05) is 0 Å². The van der Waals surface area contributed by atoms with Crippen LogP contribution in [0.1, 0.15) is 53.4 Å². The SMILES string of the molecule is CCN(CC)[C@H]1CC[C@@H](C(C)C)CC1. The molecule has 1 rings (SSSR count). The Kier molecular flexibility index (Phi) is 4.94. The van der Waals surface area contributed by atoms with Gasteiger partial charge in [-0.3, -0.25) is 0 Å². The molecule has 0 heterocycles. The van der Waals surface area contributed by atoms with E-state index < -0.39 is 0 Å². The first-order valence-corrected chi connectivity index (χ1v) is 6.43. The minimum atomic E-state index is 0.889. The summed E-state index contributed by atoms with van der Waals surface area (Å²) in [6.07, 6.45) is 5.78. The molecule has 1 heteroatoms. The van der Waals surface area contributed by atoms with Crippen LogP contribution < -0.4 is 0 Å². The Balaban J connectivity index is 2.34. The first kappa shape index (κ1) is 12.0. The van der Waals surface area contributed by atoms with E-state index in [-0.39, 0.29) is 0 Å². The summed E-state index contributed by atoms with van der Waals surface area (Å²) in [6, 6.07) is 0.889. The molecule has 1 aliphatic rings. The average Bonchev–Trinajstić information content (AvgIpc) is 2.20. The maximum Gasteiger partial charge on any atom is 0.00952 e. The van der Waals surface area contributed by atoms with Gasteiger partial charge in [-0.15, -0.1) is 0 Å². The van der Waals surface area contributed by atoms with Crippen molar-refractivity contribution in [3.63, 3.8) is 0 Å². The second-order valence-electron chi connectivity index (χ2n) is 5.03. The zero-order valence-corrected chi connectivity index (χ0v) is 10.4. The monoisotopic (exact) mass is 197 g/mol. The number of rotatable bonds is 4. The van der Waals surface area contributed by atoms with Crippen LogP contribution in [0.15, 0.2) is 0 Å². The molecule has 0 amide bonds. The Labute approximate surface area is 89.9 Å². The van der Waals surface area contributed by atoms with Gasteiger partial charge >= 0.3 is 0 Å². The van der Waals surface area contributed by atoms with Gasteiger partial charge in [-0.1, -0.05) is 27.7 Å². The van der Waals surface area contributed by atoms with E-state index in [4.69, 9.17) is 0 Å². The standard InChI is InChI=1S/C13H27N/c1-5-14(6-2)13-9-7-12(8-10-13)11(3)4/h11-13H,5-10H2,1-4H3/t12-,13+. The second kappa shape index (κ2) is 5.75. The van der Waals surface area contributed by atoms with Gasteiger partial charge in [0.1, 0.15) is 0 Å². The van der Waals surface area contributed by atoms with Gasteiger partial charge in [-0.25, -0.2) is 0 Å². The number of hydrogen-bond donors (Lipinski definition) is 0. The fourth-order valence-corrected chi connectivity index (χ4v) is 2.87. The van der Waals surface area contributed by atoms with Gasteiger partial charge < -0.3 is 4.90 Å². The summed E-state index contributed by atoms with van der Waals surface area (Å²) in [5.74, 6) is 1.90. The molecule has 0 spiro atoms. The Bertz CT molecular complexity index is 141. The molecular weight excluding hydrogens is 170 g/mol. The van der Waals surface area contributed by atoms with Gasteiger partial charge in [0.05, 0.1) is 0 Å². The van der Waals surface area contributed by atoms with Crippen molar-refractivity contribution in [3.8, 4) is 0 Å². The summed E-state index contributed by atoms with van der Waals surface area (Å²) in [7, 11) is 0. The molecule has 0 atom stereocenters. The van der Waals surface area contributed by atoms with Crippen LogP contribution in [0, 0.1) is 11.8 Å².